The van der Waals surface area contributed by atoms with Gasteiger partial charge in [-0.25, -0.2) is 13.8 Å². The number of nitrogens with zero attached hydrogens (tertiary/aromatic N) is 1. The number of carbonyl (C=O) groups is 1. The van der Waals surface area contributed by atoms with E-state index in [0.717, 1.165) is 0 Å². The second-order valence-electron chi connectivity index (χ2n) is 2.74. The molecule has 5 heteroatoms. The predicted octanol–water partition coefficient (Wildman–Crippen LogP) is 0.532. The Morgan fingerprint density at radius 3 is 2.27 bits per heavy atom. The number of β-lactam (4-membered cyclic amide) rings is 1. The minimum absolute atomic E-state index is 0.150. The first-order valence-electron chi connectivity index (χ1n) is 3.25. The van der Waals surface area contributed by atoms with Crippen LogP contribution in [0.25, 0.3) is 0 Å². The van der Waals surface area contributed by atoms with Crippen LogP contribution in [-0.2, 0) is 4.79 Å². The number of halogens is 2. The van der Waals surface area contributed by atoms with Crippen LogP contribution in [0.3, 0.4) is 0 Å². The van der Waals surface area contributed by atoms with Gasteiger partial charge in [0.1, 0.15) is 18.9 Å². The molecule has 0 aromatic rings. The lowest BCUT2D eigenvalue weighted by atomic mass is 9.78. The van der Waals surface area contributed by atoms with E-state index in [-0.39, 0.29) is 5.06 Å². The molecule has 0 spiro atoms. The summed E-state index contributed by atoms with van der Waals surface area (Å²) in [5.41, 5.74) is -1.60. The standard InChI is InChI=1S/C6H9F2NO2/c1-4-5(10)9(11)6(4,2-7)3-8/h4,11H,2-3H2,1H3/t4-/m1/s1. The van der Waals surface area contributed by atoms with Crippen LogP contribution in [-0.4, -0.2) is 35.1 Å². The van der Waals surface area contributed by atoms with Gasteiger partial charge in [-0.2, -0.15) is 0 Å². The lowest BCUT2D eigenvalue weighted by Gasteiger charge is -2.49. The van der Waals surface area contributed by atoms with Crippen molar-refractivity contribution in [2.24, 2.45) is 5.92 Å². The molecule has 64 valence electrons. The van der Waals surface area contributed by atoms with Gasteiger partial charge in [0.15, 0.2) is 0 Å². The first kappa shape index (κ1) is 8.39. The third-order valence-corrected chi connectivity index (χ3v) is 2.27. The fourth-order valence-corrected chi connectivity index (χ4v) is 1.13. The van der Waals surface area contributed by atoms with Crippen molar-refractivity contribution in [3.63, 3.8) is 0 Å². The first-order valence-corrected chi connectivity index (χ1v) is 3.25. The summed E-state index contributed by atoms with van der Waals surface area (Å²) in [6, 6.07) is 0. The normalized spacial score (nSPS) is 28.5. The Bertz CT molecular complexity index is 167. The van der Waals surface area contributed by atoms with Gasteiger partial charge in [0, 0.05) is 0 Å². The number of carbonyl (C=O) groups excluding carboxylic acids is 1. The molecule has 1 saturated heterocycles. The summed E-state index contributed by atoms with van der Waals surface area (Å²) < 4.78 is 24.3. The van der Waals surface area contributed by atoms with E-state index in [1.165, 1.54) is 6.92 Å². The molecule has 1 N–H and O–H groups in total. The zero-order valence-corrected chi connectivity index (χ0v) is 6.05. The molecule has 3 nitrogen and oxygen atoms in total. The predicted molar refractivity (Wildman–Crippen MR) is 32.5 cm³/mol. The van der Waals surface area contributed by atoms with Gasteiger partial charge in [-0.1, -0.05) is 6.92 Å². The van der Waals surface area contributed by atoms with Crippen LogP contribution in [0.1, 0.15) is 6.92 Å². The van der Waals surface area contributed by atoms with Gasteiger partial charge in [0.2, 0.25) is 0 Å². The second kappa shape index (κ2) is 2.41. The summed E-state index contributed by atoms with van der Waals surface area (Å²) in [4.78, 5) is 10.6. The highest BCUT2D eigenvalue weighted by Gasteiger charge is 2.58. The Morgan fingerprint density at radius 1 is 1.64 bits per heavy atom. The maximum atomic E-state index is 12.2. The largest absolute Gasteiger partial charge is 0.285 e. The topological polar surface area (TPSA) is 40.5 Å². The fourth-order valence-electron chi connectivity index (χ4n) is 1.13. The van der Waals surface area contributed by atoms with Gasteiger partial charge in [-0.15, -0.1) is 0 Å². The van der Waals surface area contributed by atoms with Crippen molar-refractivity contribution < 1.29 is 18.8 Å². The highest BCUT2D eigenvalue weighted by atomic mass is 19.1. The van der Waals surface area contributed by atoms with Crippen LogP contribution < -0.4 is 0 Å². The van der Waals surface area contributed by atoms with Gasteiger partial charge in [-0.05, 0) is 0 Å². The minimum Gasteiger partial charge on any atom is -0.285 e. The van der Waals surface area contributed by atoms with Gasteiger partial charge < -0.3 is 0 Å². The van der Waals surface area contributed by atoms with Crippen molar-refractivity contribution in [2.75, 3.05) is 13.3 Å². The molecule has 1 aliphatic rings. The molecule has 11 heavy (non-hydrogen) atoms. The summed E-state index contributed by atoms with van der Waals surface area (Å²) in [5, 5.41) is 8.95. The third-order valence-electron chi connectivity index (χ3n) is 2.27. The van der Waals surface area contributed by atoms with Crippen LogP contribution in [0.4, 0.5) is 8.78 Å². The molecule has 1 aliphatic heterocycles. The van der Waals surface area contributed by atoms with Crippen LogP contribution in [0, 0.1) is 5.92 Å². The number of rotatable bonds is 2. The summed E-state index contributed by atoms with van der Waals surface area (Å²) in [7, 11) is 0. The van der Waals surface area contributed by atoms with Gasteiger partial charge in [0.25, 0.3) is 5.91 Å². The second-order valence-corrected chi connectivity index (χ2v) is 2.74. The number of hydroxylamine groups is 2. The van der Waals surface area contributed by atoms with Gasteiger partial charge in [-0.3, -0.25) is 10.0 Å². The Kier molecular flexibility index (Phi) is 1.83. The molecule has 0 aliphatic carbocycles. The Hall–Kier alpha value is -0.710. The molecule has 0 bridgehead atoms. The van der Waals surface area contributed by atoms with E-state index >= 15 is 0 Å². The number of alkyl halides is 2. The van der Waals surface area contributed by atoms with Crippen LogP contribution in [0.5, 0.6) is 0 Å². The molecule has 0 radical (unpaired) electrons. The number of amides is 1. The number of hydrogen-bond acceptors (Lipinski definition) is 2. The molecule has 1 amide bonds. The quantitative estimate of drug-likeness (QED) is 0.479. The monoisotopic (exact) mass is 165 g/mol. The van der Waals surface area contributed by atoms with Crippen molar-refractivity contribution in [1.82, 2.24) is 5.06 Å². The van der Waals surface area contributed by atoms with Crippen molar-refractivity contribution in [1.29, 1.82) is 0 Å². The van der Waals surface area contributed by atoms with E-state index in [4.69, 9.17) is 5.21 Å². The van der Waals surface area contributed by atoms with E-state index < -0.39 is 30.7 Å². The SMILES string of the molecule is C[C@@H]1C(=O)N(O)C1(CF)CF. The lowest BCUT2D eigenvalue weighted by Crippen LogP contribution is -2.71. The number of hydrogen-bond donors (Lipinski definition) is 1. The maximum Gasteiger partial charge on any atom is 0.252 e. The zero-order chi connectivity index (χ0) is 8.65. The molecule has 0 aromatic carbocycles. The van der Waals surface area contributed by atoms with Crippen LogP contribution >= 0.6 is 0 Å². The van der Waals surface area contributed by atoms with Gasteiger partial charge >= 0.3 is 0 Å². The smallest absolute Gasteiger partial charge is 0.252 e. The van der Waals surface area contributed by atoms with Crippen molar-refractivity contribution in [2.45, 2.75) is 12.5 Å². The van der Waals surface area contributed by atoms with E-state index in [1.807, 2.05) is 0 Å². The third kappa shape index (κ3) is 0.772. The first-order chi connectivity index (χ1) is 5.10. The minimum atomic E-state index is -1.60. The summed E-state index contributed by atoms with van der Waals surface area (Å²) in [5.74, 6) is -1.39. The van der Waals surface area contributed by atoms with Gasteiger partial charge in [0.05, 0.1) is 5.92 Å². The molecule has 1 atom stereocenters. The molecule has 0 unspecified atom stereocenters. The molecular formula is C6H9F2NO2. The van der Waals surface area contributed by atoms with Crippen molar-refractivity contribution >= 4 is 5.91 Å². The van der Waals surface area contributed by atoms with Crippen LogP contribution in [0.2, 0.25) is 0 Å². The average Bonchev–Trinajstić information content (AvgIpc) is 2.06. The molecule has 1 fully saturated rings. The highest BCUT2D eigenvalue weighted by Crippen LogP contribution is 2.36. The van der Waals surface area contributed by atoms with E-state index in [1.54, 1.807) is 0 Å². The van der Waals surface area contributed by atoms with E-state index in [0.29, 0.717) is 0 Å². The van der Waals surface area contributed by atoms with E-state index in [2.05, 4.69) is 0 Å². The van der Waals surface area contributed by atoms with Crippen molar-refractivity contribution in [3.8, 4) is 0 Å². The molecule has 0 aromatic heterocycles. The lowest BCUT2D eigenvalue weighted by molar-refractivity contribution is -0.255. The molecule has 1 rings (SSSR count). The molecule has 0 saturated carbocycles. The summed E-state index contributed by atoms with van der Waals surface area (Å²) in [6.45, 7) is -0.700. The summed E-state index contributed by atoms with van der Waals surface area (Å²) in [6.07, 6.45) is 0. The molecule has 1 heterocycles. The molecular weight excluding hydrogens is 156 g/mol. The maximum absolute atomic E-state index is 12.2. The average molecular weight is 165 g/mol. The Morgan fingerprint density at radius 2 is 2.09 bits per heavy atom. The Balaban J connectivity index is 2.78. The Labute approximate surface area is 62.6 Å². The fraction of sp³-hybridized carbons (Fsp3) is 0.833. The summed E-state index contributed by atoms with van der Waals surface area (Å²) >= 11 is 0. The zero-order valence-electron chi connectivity index (χ0n) is 6.05. The van der Waals surface area contributed by atoms with E-state index in [9.17, 15) is 13.6 Å². The highest BCUT2D eigenvalue weighted by molar-refractivity contribution is 5.86. The van der Waals surface area contributed by atoms with Crippen LogP contribution in [0.15, 0.2) is 0 Å². The van der Waals surface area contributed by atoms with Crippen molar-refractivity contribution in [3.05, 3.63) is 0 Å².